The zero-order chi connectivity index (χ0) is 11.6. The van der Waals surface area contributed by atoms with Crippen molar-refractivity contribution >= 4 is 11.3 Å². The predicted octanol–water partition coefficient (Wildman–Crippen LogP) is 3.33. The number of aromatic nitrogens is 1. The zero-order valence-corrected chi connectivity index (χ0v) is 11.0. The normalized spacial score (nSPS) is 21.2. The van der Waals surface area contributed by atoms with Crippen LogP contribution in [0.1, 0.15) is 49.7 Å². The highest BCUT2D eigenvalue weighted by molar-refractivity contribution is 7.09. The van der Waals surface area contributed by atoms with Crippen LogP contribution >= 0.6 is 11.3 Å². The Morgan fingerprint density at radius 2 is 2.19 bits per heavy atom. The van der Waals surface area contributed by atoms with Gasteiger partial charge in [-0.1, -0.05) is 19.8 Å². The highest BCUT2D eigenvalue weighted by Gasteiger charge is 2.39. The van der Waals surface area contributed by atoms with E-state index in [1.165, 1.54) is 25.7 Å². The maximum atomic E-state index is 10.4. The van der Waals surface area contributed by atoms with E-state index in [0.29, 0.717) is 0 Å². The molecule has 2 nitrogen and oxygen atoms in total. The molecule has 0 spiro atoms. The van der Waals surface area contributed by atoms with Crippen molar-refractivity contribution in [3.63, 3.8) is 0 Å². The summed E-state index contributed by atoms with van der Waals surface area (Å²) in [5, 5.41) is 13.6. The number of aliphatic hydroxyl groups is 1. The molecule has 0 bridgehead atoms. The lowest BCUT2D eigenvalue weighted by Gasteiger charge is -2.32. The molecule has 16 heavy (non-hydrogen) atoms. The topological polar surface area (TPSA) is 33.1 Å². The molecule has 1 aliphatic rings. The van der Waals surface area contributed by atoms with Crippen molar-refractivity contribution in [3.8, 4) is 0 Å². The molecule has 0 saturated heterocycles. The smallest absolute Gasteiger partial charge is 0.0954 e. The summed E-state index contributed by atoms with van der Waals surface area (Å²) in [7, 11) is 0. The largest absolute Gasteiger partial charge is 0.392 e. The standard InChI is InChI=1S/C13H21NOS/c1-3-13(6-4-5-7-13)11(15)8-12-14-10(2)9-16-12/h9,11,15H,3-8H2,1-2H3. The van der Waals surface area contributed by atoms with E-state index in [-0.39, 0.29) is 11.5 Å². The minimum Gasteiger partial charge on any atom is -0.392 e. The summed E-state index contributed by atoms with van der Waals surface area (Å²) in [6.07, 6.45) is 6.57. The third-order valence-electron chi connectivity index (χ3n) is 4.04. The van der Waals surface area contributed by atoms with Gasteiger partial charge in [-0.2, -0.15) is 0 Å². The van der Waals surface area contributed by atoms with E-state index < -0.39 is 0 Å². The summed E-state index contributed by atoms with van der Waals surface area (Å²) in [6, 6.07) is 0. The molecule has 1 fully saturated rings. The number of hydrogen-bond donors (Lipinski definition) is 1. The number of aliphatic hydroxyl groups excluding tert-OH is 1. The maximum Gasteiger partial charge on any atom is 0.0954 e. The quantitative estimate of drug-likeness (QED) is 0.874. The molecule has 0 amide bonds. The molecule has 1 heterocycles. The number of hydrogen-bond acceptors (Lipinski definition) is 3. The van der Waals surface area contributed by atoms with Crippen molar-refractivity contribution in [1.82, 2.24) is 4.98 Å². The van der Waals surface area contributed by atoms with Crippen molar-refractivity contribution in [3.05, 3.63) is 16.1 Å². The Morgan fingerprint density at radius 1 is 1.50 bits per heavy atom. The first-order valence-corrected chi connectivity index (χ1v) is 7.13. The molecule has 1 N–H and O–H groups in total. The zero-order valence-electron chi connectivity index (χ0n) is 10.2. The summed E-state index contributed by atoms with van der Waals surface area (Å²) in [5.41, 5.74) is 1.25. The molecule has 1 aliphatic carbocycles. The molecule has 1 aromatic rings. The van der Waals surface area contributed by atoms with Crippen LogP contribution in [0, 0.1) is 12.3 Å². The Labute approximate surface area is 102 Å². The predicted molar refractivity (Wildman–Crippen MR) is 67.8 cm³/mol. The van der Waals surface area contributed by atoms with Gasteiger partial charge in [0, 0.05) is 17.5 Å². The fourth-order valence-corrected chi connectivity index (χ4v) is 3.69. The molecule has 1 unspecified atom stereocenters. The van der Waals surface area contributed by atoms with Crippen LogP contribution in [0.25, 0.3) is 0 Å². The van der Waals surface area contributed by atoms with E-state index in [2.05, 4.69) is 17.3 Å². The van der Waals surface area contributed by atoms with E-state index in [1.54, 1.807) is 11.3 Å². The summed E-state index contributed by atoms with van der Waals surface area (Å²) >= 11 is 1.67. The molecule has 1 saturated carbocycles. The molecule has 1 atom stereocenters. The fraction of sp³-hybridized carbons (Fsp3) is 0.769. The van der Waals surface area contributed by atoms with Crippen LogP contribution in [0.15, 0.2) is 5.38 Å². The number of thiazole rings is 1. The van der Waals surface area contributed by atoms with Gasteiger partial charge in [0.15, 0.2) is 0 Å². The van der Waals surface area contributed by atoms with Crippen LogP contribution in [0.3, 0.4) is 0 Å². The van der Waals surface area contributed by atoms with E-state index >= 15 is 0 Å². The van der Waals surface area contributed by atoms with E-state index in [0.717, 1.165) is 23.5 Å². The summed E-state index contributed by atoms with van der Waals surface area (Å²) in [6.45, 7) is 4.22. The van der Waals surface area contributed by atoms with Gasteiger partial charge in [-0.3, -0.25) is 0 Å². The highest BCUT2D eigenvalue weighted by Crippen LogP contribution is 2.44. The molecule has 0 aromatic carbocycles. The van der Waals surface area contributed by atoms with Gasteiger partial charge in [0.2, 0.25) is 0 Å². The van der Waals surface area contributed by atoms with Gasteiger partial charge in [0.25, 0.3) is 0 Å². The minimum atomic E-state index is -0.203. The highest BCUT2D eigenvalue weighted by atomic mass is 32.1. The first-order valence-electron chi connectivity index (χ1n) is 6.25. The van der Waals surface area contributed by atoms with Gasteiger partial charge < -0.3 is 5.11 Å². The molecular weight excluding hydrogens is 218 g/mol. The second-order valence-corrected chi connectivity index (χ2v) is 5.97. The fourth-order valence-electron chi connectivity index (χ4n) is 2.88. The molecule has 90 valence electrons. The molecular formula is C13H21NOS. The second-order valence-electron chi connectivity index (χ2n) is 5.03. The van der Waals surface area contributed by atoms with Crippen molar-refractivity contribution in [1.29, 1.82) is 0 Å². The lowest BCUT2D eigenvalue weighted by atomic mass is 9.77. The first-order chi connectivity index (χ1) is 7.66. The van der Waals surface area contributed by atoms with Gasteiger partial charge in [-0.25, -0.2) is 4.98 Å². The Hall–Kier alpha value is -0.410. The Morgan fingerprint density at radius 3 is 2.69 bits per heavy atom. The summed E-state index contributed by atoms with van der Waals surface area (Å²) < 4.78 is 0. The lowest BCUT2D eigenvalue weighted by Crippen LogP contribution is -2.33. The molecule has 0 radical (unpaired) electrons. The Bertz CT molecular complexity index is 341. The molecule has 3 heteroatoms. The molecule has 2 rings (SSSR count). The van der Waals surface area contributed by atoms with Crippen molar-refractivity contribution in [2.75, 3.05) is 0 Å². The van der Waals surface area contributed by atoms with Gasteiger partial charge >= 0.3 is 0 Å². The van der Waals surface area contributed by atoms with Gasteiger partial charge in [0.05, 0.1) is 11.1 Å². The van der Waals surface area contributed by atoms with Crippen LogP contribution < -0.4 is 0 Å². The van der Waals surface area contributed by atoms with Crippen LogP contribution in [0.2, 0.25) is 0 Å². The van der Waals surface area contributed by atoms with Crippen molar-refractivity contribution < 1.29 is 5.11 Å². The third-order valence-corrected chi connectivity index (χ3v) is 5.03. The summed E-state index contributed by atoms with van der Waals surface area (Å²) in [4.78, 5) is 4.45. The van der Waals surface area contributed by atoms with Crippen LogP contribution in [-0.4, -0.2) is 16.2 Å². The summed E-state index contributed by atoms with van der Waals surface area (Å²) in [5.74, 6) is 0. The Balaban J connectivity index is 2.03. The van der Waals surface area contributed by atoms with Gasteiger partial charge in [-0.05, 0) is 31.6 Å². The van der Waals surface area contributed by atoms with Crippen LogP contribution in [0.5, 0.6) is 0 Å². The number of aryl methyl sites for hydroxylation is 1. The first kappa shape index (κ1) is 12.1. The average molecular weight is 239 g/mol. The van der Waals surface area contributed by atoms with Crippen LogP contribution in [0.4, 0.5) is 0 Å². The van der Waals surface area contributed by atoms with Gasteiger partial charge in [0.1, 0.15) is 0 Å². The average Bonchev–Trinajstić information content (AvgIpc) is 2.88. The van der Waals surface area contributed by atoms with E-state index in [1.807, 2.05) is 6.92 Å². The molecule has 0 aliphatic heterocycles. The Kier molecular flexibility index (Phi) is 3.65. The van der Waals surface area contributed by atoms with Gasteiger partial charge in [-0.15, -0.1) is 11.3 Å². The monoisotopic (exact) mass is 239 g/mol. The van der Waals surface area contributed by atoms with Crippen molar-refractivity contribution in [2.24, 2.45) is 5.41 Å². The number of rotatable bonds is 4. The maximum absolute atomic E-state index is 10.4. The van der Waals surface area contributed by atoms with E-state index in [4.69, 9.17) is 0 Å². The SMILES string of the molecule is CCC1(C(O)Cc2nc(C)cs2)CCCC1. The van der Waals surface area contributed by atoms with Crippen molar-refractivity contribution in [2.45, 2.75) is 58.5 Å². The minimum absolute atomic E-state index is 0.180. The molecule has 1 aromatic heterocycles. The number of nitrogens with zero attached hydrogens (tertiary/aromatic N) is 1. The second kappa shape index (κ2) is 4.84. The lowest BCUT2D eigenvalue weighted by molar-refractivity contribution is 0.0257. The van der Waals surface area contributed by atoms with E-state index in [9.17, 15) is 5.11 Å². The van der Waals surface area contributed by atoms with Crippen LogP contribution in [-0.2, 0) is 6.42 Å². The third kappa shape index (κ3) is 2.30.